The molecule has 0 aliphatic heterocycles. The van der Waals surface area contributed by atoms with Crippen LogP contribution in [0.3, 0.4) is 0 Å². The maximum atomic E-state index is 12.3. The van der Waals surface area contributed by atoms with E-state index in [1.807, 2.05) is 14.0 Å². The lowest BCUT2D eigenvalue weighted by Crippen LogP contribution is -2.37. The molecule has 1 atom stereocenters. The van der Waals surface area contributed by atoms with Crippen LogP contribution in [0, 0.1) is 0 Å². The number of nitrogens with one attached hydrogen (secondary N) is 2. The van der Waals surface area contributed by atoms with Crippen molar-refractivity contribution in [3.05, 3.63) is 28.8 Å². The van der Waals surface area contributed by atoms with E-state index >= 15 is 0 Å². The van der Waals surface area contributed by atoms with Crippen LogP contribution in [-0.2, 0) is 0 Å². The van der Waals surface area contributed by atoms with E-state index in [-0.39, 0.29) is 18.1 Å². The van der Waals surface area contributed by atoms with Crippen LogP contribution in [0.25, 0.3) is 0 Å². The Kier molecular flexibility index (Phi) is 5.88. The molecule has 2 rings (SSSR count). The largest absolute Gasteiger partial charge is 0.490 e. The number of carbonyl (C=O) groups excluding carboxylic acids is 1. The molecule has 116 valence electrons. The normalized spacial score (nSPS) is 16.7. The summed E-state index contributed by atoms with van der Waals surface area (Å²) in [6.45, 7) is 2.57. The molecule has 5 heteroatoms. The monoisotopic (exact) mass is 310 g/mol. The minimum absolute atomic E-state index is 0.146. The maximum Gasteiger partial charge on any atom is 0.255 e. The second-order valence-corrected chi connectivity index (χ2v) is 6.00. The van der Waals surface area contributed by atoms with Crippen LogP contribution < -0.4 is 15.4 Å². The smallest absolute Gasteiger partial charge is 0.255 e. The second-order valence-electron chi connectivity index (χ2n) is 5.56. The van der Waals surface area contributed by atoms with Crippen molar-refractivity contribution < 1.29 is 9.53 Å². The van der Waals surface area contributed by atoms with Crippen molar-refractivity contribution in [2.24, 2.45) is 0 Å². The Morgan fingerprint density at radius 2 is 2.14 bits per heavy atom. The van der Waals surface area contributed by atoms with E-state index in [0.29, 0.717) is 22.9 Å². The molecule has 1 aliphatic rings. The van der Waals surface area contributed by atoms with E-state index in [4.69, 9.17) is 16.3 Å². The van der Waals surface area contributed by atoms with Crippen molar-refractivity contribution in [1.29, 1.82) is 0 Å². The van der Waals surface area contributed by atoms with E-state index in [2.05, 4.69) is 10.6 Å². The topological polar surface area (TPSA) is 50.4 Å². The third kappa shape index (κ3) is 4.61. The number of benzene rings is 1. The number of hydrogen-bond donors (Lipinski definition) is 2. The summed E-state index contributed by atoms with van der Waals surface area (Å²) < 4.78 is 5.98. The molecule has 4 nitrogen and oxygen atoms in total. The van der Waals surface area contributed by atoms with Crippen LogP contribution in [0.4, 0.5) is 0 Å². The van der Waals surface area contributed by atoms with E-state index in [9.17, 15) is 4.79 Å². The maximum absolute atomic E-state index is 12.3. The van der Waals surface area contributed by atoms with Crippen LogP contribution in [0.5, 0.6) is 5.75 Å². The Morgan fingerprint density at radius 1 is 1.43 bits per heavy atom. The first-order valence-electron chi connectivity index (χ1n) is 7.52. The highest BCUT2D eigenvalue weighted by atomic mass is 35.5. The molecule has 1 saturated carbocycles. The molecule has 0 bridgehead atoms. The van der Waals surface area contributed by atoms with Gasteiger partial charge in [-0.15, -0.1) is 0 Å². The van der Waals surface area contributed by atoms with Crippen molar-refractivity contribution in [2.45, 2.75) is 44.8 Å². The summed E-state index contributed by atoms with van der Waals surface area (Å²) in [5, 5.41) is 6.53. The fraction of sp³-hybridized carbons (Fsp3) is 0.562. The Balaban J connectivity index is 2.08. The number of ether oxygens (including phenoxy) is 1. The molecule has 2 N–H and O–H groups in total. The predicted octanol–water partition coefficient (Wildman–Crippen LogP) is 3.00. The third-order valence-electron chi connectivity index (χ3n) is 3.84. The number of rotatable bonds is 6. The van der Waals surface area contributed by atoms with Gasteiger partial charge in [0.15, 0.2) is 0 Å². The van der Waals surface area contributed by atoms with Gasteiger partial charge in [0.2, 0.25) is 0 Å². The number of hydrogen-bond acceptors (Lipinski definition) is 3. The number of amides is 1. The summed E-state index contributed by atoms with van der Waals surface area (Å²) in [7, 11) is 1.87. The van der Waals surface area contributed by atoms with Gasteiger partial charge in [-0.3, -0.25) is 4.79 Å². The molecule has 0 radical (unpaired) electrons. The molecule has 0 saturated heterocycles. The molecule has 1 aliphatic carbocycles. The lowest BCUT2D eigenvalue weighted by Gasteiger charge is -2.17. The summed E-state index contributed by atoms with van der Waals surface area (Å²) in [4.78, 5) is 12.3. The summed E-state index contributed by atoms with van der Waals surface area (Å²) in [6.07, 6.45) is 4.72. The van der Waals surface area contributed by atoms with Crippen LogP contribution in [0.2, 0.25) is 5.02 Å². The molecule has 21 heavy (non-hydrogen) atoms. The highest BCUT2D eigenvalue weighted by Gasteiger charge is 2.20. The number of halogens is 1. The van der Waals surface area contributed by atoms with Crippen molar-refractivity contribution in [3.8, 4) is 5.75 Å². The zero-order chi connectivity index (χ0) is 15.2. The van der Waals surface area contributed by atoms with Gasteiger partial charge in [0.05, 0.1) is 11.7 Å². The van der Waals surface area contributed by atoms with Crippen molar-refractivity contribution in [2.75, 3.05) is 13.6 Å². The fourth-order valence-electron chi connectivity index (χ4n) is 2.41. The number of carbonyl (C=O) groups is 1. The van der Waals surface area contributed by atoms with Crippen LogP contribution in [-0.4, -0.2) is 31.6 Å². The molecule has 0 heterocycles. The predicted molar refractivity (Wildman–Crippen MR) is 85.2 cm³/mol. The molecule has 1 unspecified atom stereocenters. The highest BCUT2D eigenvalue weighted by Crippen LogP contribution is 2.28. The Morgan fingerprint density at radius 3 is 2.81 bits per heavy atom. The first kappa shape index (κ1) is 16.1. The standard InChI is InChI=1S/C16H23ClN2O2/c1-11(18-2)10-19-16(20)14-9-12(17)7-8-15(14)21-13-5-3-4-6-13/h7-9,11,13,18H,3-6,10H2,1-2H3,(H,19,20). The first-order chi connectivity index (χ1) is 10.1. The van der Waals surface area contributed by atoms with Gasteiger partial charge in [0, 0.05) is 17.6 Å². The zero-order valence-electron chi connectivity index (χ0n) is 12.6. The highest BCUT2D eigenvalue weighted by molar-refractivity contribution is 6.31. The fourth-order valence-corrected chi connectivity index (χ4v) is 2.58. The molecular weight excluding hydrogens is 288 g/mol. The van der Waals surface area contributed by atoms with E-state index in [1.165, 1.54) is 12.8 Å². The van der Waals surface area contributed by atoms with E-state index in [0.717, 1.165) is 12.8 Å². The van der Waals surface area contributed by atoms with Crippen LogP contribution in [0.1, 0.15) is 43.0 Å². The van der Waals surface area contributed by atoms with Gasteiger partial charge in [-0.05, 0) is 57.9 Å². The first-order valence-corrected chi connectivity index (χ1v) is 7.89. The average Bonchev–Trinajstić information content (AvgIpc) is 2.99. The van der Waals surface area contributed by atoms with Crippen LogP contribution in [0.15, 0.2) is 18.2 Å². The summed E-state index contributed by atoms with van der Waals surface area (Å²) in [5.74, 6) is 0.480. The second kappa shape index (κ2) is 7.66. The molecular formula is C16H23ClN2O2. The molecule has 1 aromatic carbocycles. The summed E-state index contributed by atoms with van der Waals surface area (Å²) >= 11 is 6.02. The molecule has 1 fully saturated rings. The Bertz CT molecular complexity index is 487. The van der Waals surface area contributed by atoms with Gasteiger partial charge < -0.3 is 15.4 Å². The quantitative estimate of drug-likeness (QED) is 0.849. The molecule has 1 amide bonds. The summed E-state index contributed by atoms with van der Waals surface area (Å²) in [6, 6.07) is 5.44. The Hall–Kier alpha value is -1.26. The third-order valence-corrected chi connectivity index (χ3v) is 4.08. The molecule has 1 aromatic rings. The van der Waals surface area contributed by atoms with Gasteiger partial charge in [-0.2, -0.15) is 0 Å². The number of likely N-dealkylation sites (N-methyl/N-ethyl adjacent to an activating group) is 1. The SMILES string of the molecule is CNC(C)CNC(=O)c1cc(Cl)ccc1OC1CCCC1. The molecule has 0 aromatic heterocycles. The summed E-state index contributed by atoms with van der Waals surface area (Å²) in [5.41, 5.74) is 0.512. The molecule has 0 spiro atoms. The van der Waals surface area contributed by atoms with E-state index < -0.39 is 0 Å². The van der Waals surface area contributed by atoms with Gasteiger partial charge in [0.1, 0.15) is 5.75 Å². The Labute approximate surface area is 131 Å². The average molecular weight is 311 g/mol. The van der Waals surface area contributed by atoms with Crippen molar-refractivity contribution in [3.63, 3.8) is 0 Å². The van der Waals surface area contributed by atoms with Gasteiger partial charge >= 0.3 is 0 Å². The van der Waals surface area contributed by atoms with E-state index in [1.54, 1.807) is 18.2 Å². The van der Waals surface area contributed by atoms with Crippen molar-refractivity contribution in [1.82, 2.24) is 10.6 Å². The lowest BCUT2D eigenvalue weighted by atomic mass is 10.1. The minimum Gasteiger partial charge on any atom is -0.490 e. The van der Waals surface area contributed by atoms with Crippen LogP contribution >= 0.6 is 11.6 Å². The van der Waals surface area contributed by atoms with Gasteiger partial charge in [0.25, 0.3) is 5.91 Å². The van der Waals surface area contributed by atoms with Gasteiger partial charge in [-0.1, -0.05) is 11.6 Å². The zero-order valence-corrected chi connectivity index (χ0v) is 13.4. The van der Waals surface area contributed by atoms with Gasteiger partial charge in [-0.25, -0.2) is 0 Å². The van der Waals surface area contributed by atoms with Crippen molar-refractivity contribution >= 4 is 17.5 Å². The minimum atomic E-state index is -0.146. The lowest BCUT2D eigenvalue weighted by molar-refractivity contribution is 0.0943.